The van der Waals surface area contributed by atoms with Gasteiger partial charge in [-0.25, -0.2) is 8.42 Å². The fraction of sp³-hybridized carbons (Fsp3) is 0.333. The lowest BCUT2D eigenvalue weighted by atomic mass is 10.1. The van der Waals surface area contributed by atoms with Crippen LogP contribution in [0.2, 0.25) is 15.1 Å². The molecule has 42 heavy (non-hydrogen) atoms. The molecular weight excluding hydrogens is 621 g/mol. The highest BCUT2D eigenvalue weighted by molar-refractivity contribution is 7.92. The van der Waals surface area contributed by atoms with Gasteiger partial charge in [0.05, 0.1) is 17.2 Å². The van der Waals surface area contributed by atoms with E-state index in [0.717, 1.165) is 17.1 Å². The molecular formula is C30H34Cl3N3O5S. The number of benzene rings is 3. The van der Waals surface area contributed by atoms with Crippen molar-refractivity contribution in [2.75, 3.05) is 24.0 Å². The minimum absolute atomic E-state index is 0.0559. The molecule has 0 aliphatic rings. The molecule has 0 aromatic heterocycles. The molecule has 0 heterocycles. The molecule has 3 aromatic rings. The first-order valence-corrected chi connectivity index (χ1v) is 16.1. The quantitative estimate of drug-likeness (QED) is 0.198. The molecule has 0 aliphatic heterocycles. The van der Waals surface area contributed by atoms with E-state index in [-0.39, 0.29) is 23.0 Å². The highest BCUT2D eigenvalue weighted by Gasteiger charge is 2.33. The average molecular weight is 655 g/mol. The number of rotatable bonds is 14. The second kappa shape index (κ2) is 15.5. The minimum Gasteiger partial charge on any atom is -0.494 e. The molecule has 0 aliphatic carbocycles. The van der Waals surface area contributed by atoms with Crippen LogP contribution < -0.4 is 14.4 Å². The van der Waals surface area contributed by atoms with Gasteiger partial charge in [0.25, 0.3) is 10.0 Å². The van der Waals surface area contributed by atoms with Crippen LogP contribution in [0, 0.1) is 0 Å². The van der Waals surface area contributed by atoms with E-state index in [1.807, 2.05) is 13.8 Å². The second-order valence-corrected chi connectivity index (χ2v) is 12.5. The molecule has 0 fully saturated rings. The van der Waals surface area contributed by atoms with Crippen molar-refractivity contribution in [3.8, 4) is 5.75 Å². The van der Waals surface area contributed by atoms with Gasteiger partial charge in [-0.1, -0.05) is 54.2 Å². The average Bonchev–Trinajstić information content (AvgIpc) is 2.96. The van der Waals surface area contributed by atoms with Gasteiger partial charge in [-0.2, -0.15) is 0 Å². The molecule has 1 atom stereocenters. The van der Waals surface area contributed by atoms with Crippen LogP contribution in [0.4, 0.5) is 5.69 Å². The molecule has 12 heteroatoms. The Balaban J connectivity index is 2.04. The Morgan fingerprint density at radius 1 is 0.929 bits per heavy atom. The zero-order chi connectivity index (χ0) is 30.9. The zero-order valence-corrected chi connectivity index (χ0v) is 26.7. The predicted molar refractivity (Wildman–Crippen MR) is 168 cm³/mol. The van der Waals surface area contributed by atoms with Crippen LogP contribution in [0.3, 0.4) is 0 Å². The molecule has 3 rings (SSSR count). The van der Waals surface area contributed by atoms with E-state index in [1.54, 1.807) is 49.4 Å². The molecule has 0 saturated heterocycles. The third kappa shape index (κ3) is 8.53. The van der Waals surface area contributed by atoms with Gasteiger partial charge >= 0.3 is 0 Å². The number of ether oxygens (including phenoxy) is 1. The zero-order valence-electron chi connectivity index (χ0n) is 23.6. The number of halogens is 3. The lowest BCUT2D eigenvalue weighted by molar-refractivity contribution is -0.139. The van der Waals surface area contributed by atoms with E-state index in [0.29, 0.717) is 39.5 Å². The summed E-state index contributed by atoms with van der Waals surface area (Å²) in [6.45, 7) is 5.58. The van der Waals surface area contributed by atoms with Gasteiger partial charge in [-0.05, 0) is 80.9 Å². The number of nitrogens with one attached hydrogen (secondary N) is 1. The van der Waals surface area contributed by atoms with Crippen molar-refractivity contribution in [2.45, 2.75) is 51.1 Å². The molecule has 8 nitrogen and oxygen atoms in total. The highest BCUT2D eigenvalue weighted by Crippen LogP contribution is 2.29. The Labute approximate surface area is 262 Å². The molecule has 0 bridgehead atoms. The normalized spacial score (nSPS) is 12.0. The largest absolute Gasteiger partial charge is 0.494 e. The minimum atomic E-state index is -4.24. The van der Waals surface area contributed by atoms with Crippen molar-refractivity contribution in [3.63, 3.8) is 0 Å². The number of carbonyl (C=O) groups is 2. The Morgan fingerprint density at radius 2 is 1.55 bits per heavy atom. The van der Waals surface area contributed by atoms with Gasteiger partial charge in [-0.15, -0.1) is 0 Å². The van der Waals surface area contributed by atoms with E-state index in [2.05, 4.69) is 5.32 Å². The van der Waals surface area contributed by atoms with Crippen molar-refractivity contribution in [1.82, 2.24) is 10.2 Å². The number of hydrogen-bond acceptors (Lipinski definition) is 5. The van der Waals surface area contributed by atoms with Crippen LogP contribution in [0.25, 0.3) is 0 Å². The highest BCUT2D eigenvalue weighted by atomic mass is 35.5. The van der Waals surface area contributed by atoms with Gasteiger partial charge in [-0.3, -0.25) is 13.9 Å². The summed E-state index contributed by atoms with van der Waals surface area (Å²) in [7, 11) is -4.24. The molecule has 0 spiro atoms. The summed E-state index contributed by atoms with van der Waals surface area (Å²) in [6, 6.07) is 16.0. The van der Waals surface area contributed by atoms with Gasteiger partial charge < -0.3 is 15.0 Å². The fourth-order valence-corrected chi connectivity index (χ4v) is 6.17. The standard InChI is InChI=1S/C30H34Cl3N3O5S/c1-4-6-18-34-30(38)21(3)35(19-26-27(32)8-7-9-28(26)33)29(37)20-36(23-12-14-24(15-13-23)41-5-2)42(39,40)25-16-10-22(31)11-17-25/h7-17,21H,4-6,18-20H2,1-3H3,(H,34,38). The van der Waals surface area contributed by atoms with Crippen molar-refractivity contribution >= 4 is 62.3 Å². The van der Waals surface area contributed by atoms with Crippen molar-refractivity contribution < 1.29 is 22.7 Å². The van der Waals surface area contributed by atoms with Crippen molar-refractivity contribution in [1.29, 1.82) is 0 Å². The monoisotopic (exact) mass is 653 g/mol. The van der Waals surface area contributed by atoms with Crippen molar-refractivity contribution in [2.24, 2.45) is 0 Å². The van der Waals surface area contributed by atoms with Crippen LogP contribution in [0.5, 0.6) is 5.75 Å². The maximum absolute atomic E-state index is 14.0. The first-order valence-electron chi connectivity index (χ1n) is 13.5. The van der Waals surface area contributed by atoms with Crippen LogP contribution in [0.1, 0.15) is 39.2 Å². The SMILES string of the molecule is CCCCNC(=O)C(C)N(Cc1c(Cl)cccc1Cl)C(=O)CN(c1ccc(OCC)cc1)S(=O)(=O)c1ccc(Cl)cc1. The fourth-order valence-electron chi connectivity index (χ4n) is 4.11. The summed E-state index contributed by atoms with van der Waals surface area (Å²) in [6.07, 6.45) is 1.65. The number of anilines is 1. The van der Waals surface area contributed by atoms with Gasteiger partial charge in [0, 0.05) is 33.7 Å². The Morgan fingerprint density at radius 3 is 2.12 bits per heavy atom. The summed E-state index contributed by atoms with van der Waals surface area (Å²) in [5.74, 6) is -0.465. The van der Waals surface area contributed by atoms with E-state index in [1.165, 1.54) is 29.2 Å². The number of hydrogen-bond donors (Lipinski definition) is 1. The molecule has 0 radical (unpaired) electrons. The maximum Gasteiger partial charge on any atom is 0.264 e. The molecule has 226 valence electrons. The summed E-state index contributed by atoms with van der Waals surface area (Å²) in [5, 5.41) is 3.84. The Hall–Kier alpha value is -2.98. The Kier molecular flexibility index (Phi) is 12.4. The number of amides is 2. The first kappa shape index (κ1) is 33.5. The lowest BCUT2D eigenvalue weighted by Gasteiger charge is -2.32. The summed E-state index contributed by atoms with van der Waals surface area (Å²) < 4.78 is 34.3. The first-order chi connectivity index (χ1) is 20.0. The summed E-state index contributed by atoms with van der Waals surface area (Å²) >= 11 is 18.8. The third-order valence-electron chi connectivity index (χ3n) is 6.50. The molecule has 1 N–H and O–H groups in total. The van der Waals surface area contributed by atoms with E-state index in [9.17, 15) is 18.0 Å². The van der Waals surface area contributed by atoms with E-state index < -0.39 is 28.5 Å². The lowest BCUT2D eigenvalue weighted by Crippen LogP contribution is -2.51. The van der Waals surface area contributed by atoms with Gasteiger partial charge in [0.15, 0.2) is 0 Å². The summed E-state index contributed by atoms with van der Waals surface area (Å²) in [5.41, 5.74) is 0.674. The number of sulfonamides is 1. The van der Waals surface area contributed by atoms with Crippen LogP contribution in [-0.2, 0) is 26.2 Å². The van der Waals surface area contributed by atoms with Crippen LogP contribution in [-0.4, -0.2) is 50.9 Å². The van der Waals surface area contributed by atoms with Crippen LogP contribution >= 0.6 is 34.8 Å². The number of carbonyl (C=O) groups excluding carboxylic acids is 2. The number of nitrogens with zero attached hydrogens (tertiary/aromatic N) is 2. The molecule has 0 saturated carbocycles. The summed E-state index contributed by atoms with van der Waals surface area (Å²) in [4.78, 5) is 28.4. The maximum atomic E-state index is 14.0. The van der Waals surface area contributed by atoms with E-state index in [4.69, 9.17) is 39.5 Å². The topological polar surface area (TPSA) is 96.0 Å². The van der Waals surface area contributed by atoms with Crippen LogP contribution in [0.15, 0.2) is 71.6 Å². The molecule has 2 amide bonds. The van der Waals surface area contributed by atoms with E-state index >= 15 is 0 Å². The smallest absolute Gasteiger partial charge is 0.264 e. The van der Waals surface area contributed by atoms with Gasteiger partial charge in [0.2, 0.25) is 11.8 Å². The molecule has 3 aromatic carbocycles. The second-order valence-electron chi connectivity index (χ2n) is 9.43. The molecule has 1 unspecified atom stereocenters. The Bertz CT molecular complexity index is 1450. The number of unbranched alkanes of at least 4 members (excludes halogenated alkanes) is 1. The van der Waals surface area contributed by atoms with Gasteiger partial charge in [0.1, 0.15) is 18.3 Å². The van der Waals surface area contributed by atoms with Crippen molar-refractivity contribution in [3.05, 3.63) is 87.4 Å². The third-order valence-corrected chi connectivity index (χ3v) is 9.25. The predicted octanol–water partition coefficient (Wildman–Crippen LogP) is 6.57.